The number of aromatic nitrogens is 4. The lowest BCUT2D eigenvalue weighted by Gasteiger charge is -2.29. The molecule has 13 nitrogen and oxygen atoms in total. The number of nitrogens with zero attached hydrogens (tertiary/aromatic N) is 6. The van der Waals surface area contributed by atoms with E-state index in [1.807, 2.05) is 75.7 Å². The summed E-state index contributed by atoms with van der Waals surface area (Å²) in [5.41, 5.74) is 7.43. The number of hydrogen-bond acceptors (Lipinski definition) is 13. The van der Waals surface area contributed by atoms with Crippen molar-refractivity contribution in [1.82, 2.24) is 35.5 Å². The van der Waals surface area contributed by atoms with Crippen molar-refractivity contribution in [2.24, 2.45) is 17.8 Å². The molecule has 6 heterocycles. The molecule has 60 heavy (non-hydrogen) atoms. The smallest absolute Gasteiger partial charge is 0.254 e. The number of nitrogens with one attached hydrogen (secondary N) is 1. The molecule has 312 valence electrons. The van der Waals surface area contributed by atoms with Crippen LogP contribution in [0.1, 0.15) is 72.5 Å². The number of fused-ring (bicyclic) bond motifs is 2. The van der Waals surface area contributed by atoms with Gasteiger partial charge in [-0.05, 0) is 78.6 Å². The number of carbonyl (C=O) groups excluding carboxylic acids is 2. The fraction of sp³-hybridized carbons (Fsp3) is 0.422. The fourth-order valence-corrected chi connectivity index (χ4v) is 11.4. The summed E-state index contributed by atoms with van der Waals surface area (Å²) in [6, 6.07) is 17.9. The van der Waals surface area contributed by atoms with Crippen molar-refractivity contribution in [3.8, 4) is 33.3 Å². The Hall–Kier alpha value is -5.22. The van der Waals surface area contributed by atoms with E-state index in [1.54, 1.807) is 40.9 Å². The minimum atomic E-state index is -0.820. The Morgan fingerprint density at radius 1 is 1.02 bits per heavy atom. The highest BCUT2D eigenvalue weighted by Crippen LogP contribution is 2.61. The first-order chi connectivity index (χ1) is 28.9. The molecule has 2 saturated heterocycles. The van der Waals surface area contributed by atoms with Gasteiger partial charge in [-0.1, -0.05) is 50.2 Å². The summed E-state index contributed by atoms with van der Waals surface area (Å²) in [6.07, 6.45) is -0.661. The van der Waals surface area contributed by atoms with Crippen LogP contribution in [-0.2, 0) is 9.59 Å². The molecular weight excluding hydrogens is 799 g/mol. The van der Waals surface area contributed by atoms with E-state index in [-0.39, 0.29) is 42.5 Å². The van der Waals surface area contributed by atoms with Crippen LogP contribution in [0.25, 0.3) is 31.9 Å². The first-order valence-corrected chi connectivity index (χ1v) is 22.3. The van der Waals surface area contributed by atoms with Crippen LogP contribution in [0.4, 0.5) is 0 Å². The molecule has 0 spiro atoms. The highest BCUT2D eigenvalue weighted by Gasteiger charge is 2.57. The lowest BCUT2D eigenvalue weighted by molar-refractivity contribution is -0.141. The third kappa shape index (κ3) is 7.68. The molecule has 15 heteroatoms. The second-order valence-electron chi connectivity index (χ2n) is 16.8. The lowest BCUT2D eigenvalue weighted by Crippen LogP contribution is -2.48. The number of piperidine rings is 1. The fourth-order valence-electron chi connectivity index (χ4n) is 9.24. The van der Waals surface area contributed by atoms with Crippen molar-refractivity contribution in [3.05, 3.63) is 93.6 Å². The van der Waals surface area contributed by atoms with Gasteiger partial charge in [0.2, 0.25) is 11.8 Å². The standard InChI is InChI=1S/C45H49N7O6S2/c1-23(2)39(45(56)52-19-29(53)16-35(52)43(55)47-25(4)27-10-12-28(13-11-27)42-26(5)46-22-59-42)37-18-38(50-58-37)57-15-14-51-20-32-33(21-51)40(32)41-24(3)31-17-34(48-49-44(31)60-41)30-8-6-7-9-36(30)54/h6-13,17-18,22-23,25,29,32-33,35,39-40,53-54H,14-16,19-21H2,1-5H3,(H,47,55)/t25-,29+,32-,33+,35-,39+,40?/m1/s1. The number of aliphatic hydroxyl groups excluding tert-OH is 1. The van der Waals surface area contributed by atoms with Crippen LogP contribution in [0.2, 0.25) is 0 Å². The van der Waals surface area contributed by atoms with Gasteiger partial charge in [-0.15, -0.1) is 32.9 Å². The Labute approximate surface area is 356 Å². The molecule has 3 N–H and O–H groups in total. The van der Waals surface area contributed by atoms with Crippen LogP contribution in [0, 0.1) is 31.6 Å². The Morgan fingerprint density at radius 2 is 1.78 bits per heavy atom. The van der Waals surface area contributed by atoms with Gasteiger partial charge in [-0.3, -0.25) is 14.5 Å². The molecule has 2 aromatic carbocycles. The van der Waals surface area contributed by atoms with Gasteiger partial charge in [0, 0.05) is 60.4 Å². The van der Waals surface area contributed by atoms with Gasteiger partial charge >= 0.3 is 0 Å². The molecule has 0 bridgehead atoms. The number of aromatic hydroxyl groups is 1. The normalized spacial score (nSPS) is 22.3. The monoisotopic (exact) mass is 847 g/mol. The summed E-state index contributed by atoms with van der Waals surface area (Å²) in [7, 11) is 0. The number of rotatable bonds is 13. The maximum absolute atomic E-state index is 14.2. The van der Waals surface area contributed by atoms with Gasteiger partial charge in [0.05, 0.1) is 33.9 Å². The highest BCUT2D eigenvalue weighted by molar-refractivity contribution is 7.19. The number of phenols is 1. The highest BCUT2D eigenvalue weighted by atomic mass is 32.1. The largest absolute Gasteiger partial charge is 0.507 e. The number of benzene rings is 2. The lowest BCUT2D eigenvalue weighted by atomic mass is 9.91. The summed E-state index contributed by atoms with van der Waals surface area (Å²) < 4.78 is 11.8. The molecule has 3 aliphatic rings. The van der Waals surface area contributed by atoms with Crippen molar-refractivity contribution in [2.75, 3.05) is 32.8 Å². The molecule has 4 aromatic heterocycles. The Balaban J connectivity index is 0.779. The van der Waals surface area contributed by atoms with Gasteiger partial charge in [0.15, 0.2) is 5.76 Å². The van der Waals surface area contributed by atoms with Crippen LogP contribution in [0.15, 0.2) is 70.7 Å². The molecule has 9 rings (SSSR count). The summed E-state index contributed by atoms with van der Waals surface area (Å²) in [5, 5.41) is 38.3. The van der Waals surface area contributed by atoms with Crippen molar-refractivity contribution in [3.63, 3.8) is 0 Å². The molecule has 2 amide bonds. The molecule has 2 aliphatic heterocycles. The van der Waals surface area contributed by atoms with Crippen molar-refractivity contribution >= 4 is 44.7 Å². The minimum Gasteiger partial charge on any atom is -0.507 e. The van der Waals surface area contributed by atoms with Crippen molar-refractivity contribution in [2.45, 2.75) is 71.1 Å². The number of likely N-dealkylation sites (tertiary alicyclic amines) is 2. The van der Waals surface area contributed by atoms with Crippen LogP contribution in [-0.4, -0.2) is 97.1 Å². The van der Waals surface area contributed by atoms with Crippen LogP contribution < -0.4 is 10.1 Å². The topological polar surface area (TPSA) is 167 Å². The van der Waals surface area contributed by atoms with E-state index in [2.05, 4.69) is 37.5 Å². The molecule has 1 unspecified atom stereocenters. The number of aliphatic hydroxyl groups is 1. The number of thiazole rings is 1. The number of phenolic OH excluding ortho intramolecular Hbond substituents is 1. The number of carbonyl (C=O) groups is 2. The average Bonchev–Trinajstić information content (AvgIpc) is 3.90. The quantitative estimate of drug-likeness (QED) is 0.109. The van der Waals surface area contributed by atoms with E-state index in [0.29, 0.717) is 47.3 Å². The van der Waals surface area contributed by atoms with Gasteiger partial charge < -0.3 is 29.7 Å². The number of β-amino-alcohol motifs (C(OH)–C–C–N with tert-alkyl or cyclic N) is 1. The molecule has 7 atom stereocenters. The molecule has 1 aliphatic carbocycles. The van der Waals surface area contributed by atoms with E-state index >= 15 is 0 Å². The van der Waals surface area contributed by atoms with Gasteiger partial charge in [0.1, 0.15) is 29.1 Å². The zero-order chi connectivity index (χ0) is 41.8. The molecule has 3 fully saturated rings. The number of aryl methyl sites for hydroxylation is 2. The van der Waals surface area contributed by atoms with Crippen molar-refractivity contribution in [1.29, 1.82) is 0 Å². The Bertz CT molecular complexity index is 2520. The van der Waals surface area contributed by atoms with E-state index in [1.165, 1.54) is 15.3 Å². The first kappa shape index (κ1) is 40.2. The third-order valence-electron chi connectivity index (χ3n) is 12.5. The van der Waals surface area contributed by atoms with Crippen molar-refractivity contribution < 1.29 is 29.1 Å². The molecule has 0 radical (unpaired) electrons. The Morgan fingerprint density at radius 3 is 2.50 bits per heavy atom. The number of thiophene rings is 1. The first-order valence-electron chi connectivity index (χ1n) is 20.6. The zero-order valence-corrected chi connectivity index (χ0v) is 35.9. The zero-order valence-electron chi connectivity index (χ0n) is 34.2. The average molecular weight is 848 g/mol. The van der Waals surface area contributed by atoms with E-state index in [4.69, 9.17) is 9.26 Å². The van der Waals surface area contributed by atoms with Gasteiger partial charge in [0.25, 0.3) is 5.88 Å². The third-order valence-corrected chi connectivity index (χ3v) is 14.8. The second kappa shape index (κ2) is 16.3. The summed E-state index contributed by atoms with van der Waals surface area (Å²) in [6.45, 7) is 13.1. The van der Waals surface area contributed by atoms with Gasteiger partial charge in [-0.2, -0.15) is 0 Å². The number of ether oxygens (including phenoxy) is 1. The maximum atomic E-state index is 14.2. The van der Waals surface area contributed by atoms with Crippen LogP contribution in [0.5, 0.6) is 11.6 Å². The number of amides is 2. The van der Waals surface area contributed by atoms with E-state index in [9.17, 15) is 19.8 Å². The minimum absolute atomic E-state index is 0.0603. The van der Waals surface area contributed by atoms with Gasteiger partial charge in [-0.25, -0.2) is 4.98 Å². The summed E-state index contributed by atoms with van der Waals surface area (Å²) in [4.78, 5) is 39.6. The number of hydrogen-bond donors (Lipinski definition) is 3. The van der Waals surface area contributed by atoms with E-state index < -0.39 is 18.1 Å². The maximum Gasteiger partial charge on any atom is 0.254 e. The molecule has 6 aromatic rings. The molecular formula is C45H49N7O6S2. The van der Waals surface area contributed by atoms with Crippen LogP contribution in [0.3, 0.4) is 0 Å². The van der Waals surface area contributed by atoms with E-state index in [0.717, 1.165) is 51.5 Å². The summed E-state index contributed by atoms with van der Waals surface area (Å²) in [5.74, 6) is 1.10. The number of para-hydroxylation sites is 1. The van der Waals surface area contributed by atoms with Crippen LogP contribution >= 0.6 is 22.7 Å². The second-order valence-corrected chi connectivity index (χ2v) is 18.7. The molecule has 1 saturated carbocycles. The predicted molar refractivity (Wildman–Crippen MR) is 230 cm³/mol. The summed E-state index contributed by atoms with van der Waals surface area (Å²) >= 11 is 3.33. The predicted octanol–water partition coefficient (Wildman–Crippen LogP) is 7.10. The Kier molecular flexibility index (Phi) is 10.9. The SMILES string of the molecule is Cc1ncsc1-c1ccc([C@@H](C)NC(=O)[C@H]2C[C@H](O)CN2C(=O)[C@H](c2cc(OCCN3C[C@@H]4C(c5sc6nnc(-c7ccccc7O)cc6c5C)[C@@H]4C3)no2)C(C)C)cc1.